The van der Waals surface area contributed by atoms with E-state index in [-0.39, 0.29) is 0 Å². The molecule has 0 saturated carbocycles. The molecule has 30 heavy (non-hydrogen) atoms. The van der Waals surface area contributed by atoms with Gasteiger partial charge < -0.3 is 10.2 Å². The van der Waals surface area contributed by atoms with Gasteiger partial charge in [0.15, 0.2) is 0 Å². The Morgan fingerprint density at radius 2 is 0.600 bits per heavy atom. The Morgan fingerprint density at radius 1 is 0.300 bits per heavy atom. The van der Waals surface area contributed by atoms with Gasteiger partial charge in [-0.1, -0.05) is 84.9 Å². The highest BCUT2D eigenvalue weighted by Crippen LogP contribution is 2.50. The summed E-state index contributed by atoms with van der Waals surface area (Å²) >= 11 is 0. The molecule has 0 aromatic heterocycles. The van der Waals surface area contributed by atoms with Crippen molar-refractivity contribution >= 4 is 64.6 Å². The smallest absolute Gasteiger partial charge is 0.131 e. The molecule has 2 N–H and O–H groups in total. The van der Waals surface area contributed by atoms with Gasteiger partial charge in [-0.3, -0.25) is 0 Å². The summed E-state index contributed by atoms with van der Waals surface area (Å²) in [6.45, 7) is 0. The molecule has 0 bridgehead atoms. The highest BCUT2D eigenvalue weighted by molar-refractivity contribution is 6.43. The van der Waals surface area contributed by atoms with Crippen molar-refractivity contribution in [2.75, 3.05) is 0 Å². The molecule has 7 aromatic rings. The predicted molar refractivity (Wildman–Crippen MR) is 126 cm³/mol. The number of hydrogen-bond acceptors (Lipinski definition) is 2. The van der Waals surface area contributed by atoms with E-state index in [1.807, 2.05) is 60.7 Å². The minimum absolute atomic E-state index is 0.324. The second kappa shape index (κ2) is 5.31. The van der Waals surface area contributed by atoms with Crippen LogP contribution < -0.4 is 0 Å². The quantitative estimate of drug-likeness (QED) is 0.210. The van der Waals surface area contributed by atoms with Crippen LogP contribution >= 0.6 is 0 Å². The number of fused-ring (bicyclic) bond motifs is 6. The summed E-state index contributed by atoms with van der Waals surface area (Å²) in [5.41, 5.74) is 0. The van der Waals surface area contributed by atoms with Crippen molar-refractivity contribution in [1.29, 1.82) is 0 Å². The summed E-state index contributed by atoms with van der Waals surface area (Å²) in [7, 11) is 0. The first-order valence-electron chi connectivity index (χ1n) is 10.1. The second-order valence-electron chi connectivity index (χ2n) is 7.99. The van der Waals surface area contributed by atoms with E-state index in [1.54, 1.807) is 0 Å². The Labute approximate surface area is 171 Å². The Bertz CT molecular complexity index is 1680. The van der Waals surface area contributed by atoms with Crippen molar-refractivity contribution in [3.05, 3.63) is 84.9 Å². The van der Waals surface area contributed by atoms with Gasteiger partial charge in [0.25, 0.3) is 0 Å². The van der Waals surface area contributed by atoms with E-state index in [4.69, 9.17) is 0 Å². The highest BCUT2D eigenvalue weighted by atomic mass is 16.3. The molecule has 0 radical (unpaired) electrons. The zero-order valence-electron chi connectivity index (χ0n) is 16.0. The van der Waals surface area contributed by atoms with Crippen LogP contribution in [0, 0.1) is 0 Å². The van der Waals surface area contributed by atoms with Gasteiger partial charge in [-0.05, 0) is 32.3 Å². The van der Waals surface area contributed by atoms with Gasteiger partial charge in [0.2, 0.25) is 0 Å². The van der Waals surface area contributed by atoms with Gasteiger partial charge in [0.1, 0.15) is 11.5 Å². The molecular formula is C28H16O2. The first kappa shape index (κ1) is 15.8. The minimum Gasteiger partial charge on any atom is -0.507 e. The van der Waals surface area contributed by atoms with Crippen LogP contribution in [-0.2, 0) is 0 Å². The minimum atomic E-state index is 0.324. The third-order valence-corrected chi connectivity index (χ3v) is 6.58. The van der Waals surface area contributed by atoms with Crippen LogP contribution in [0.15, 0.2) is 84.9 Å². The lowest BCUT2D eigenvalue weighted by Gasteiger charge is -2.19. The highest BCUT2D eigenvalue weighted by Gasteiger charge is 2.21. The van der Waals surface area contributed by atoms with Crippen molar-refractivity contribution in [3.63, 3.8) is 0 Å². The average Bonchev–Trinajstić information content (AvgIpc) is 2.81. The molecule has 0 aliphatic heterocycles. The van der Waals surface area contributed by atoms with Gasteiger partial charge >= 0.3 is 0 Å². The molecule has 0 spiro atoms. The first-order chi connectivity index (χ1) is 14.8. The van der Waals surface area contributed by atoms with Crippen LogP contribution in [0.1, 0.15) is 0 Å². The summed E-state index contributed by atoms with van der Waals surface area (Å²) < 4.78 is 0. The lowest BCUT2D eigenvalue weighted by Crippen LogP contribution is -1.91. The van der Waals surface area contributed by atoms with E-state index in [0.29, 0.717) is 11.5 Å². The molecule has 0 unspecified atom stereocenters. The van der Waals surface area contributed by atoms with E-state index in [1.165, 1.54) is 0 Å². The topological polar surface area (TPSA) is 40.5 Å². The fraction of sp³-hybridized carbons (Fsp3) is 0. The molecule has 0 fully saturated rings. The molecular weight excluding hydrogens is 368 g/mol. The molecule has 7 aromatic carbocycles. The fourth-order valence-electron chi connectivity index (χ4n) is 5.38. The van der Waals surface area contributed by atoms with Gasteiger partial charge in [0.05, 0.1) is 0 Å². The van der Waals surface area contributed by atoms with E-state index in [0.717, 1.165) is 64.6 Å². The maximum Gasteiger partial charge on any atom is 0.131 e. The number of phenols is 2. The SMILES string of the molecule is Oc1c2ccccc2c2c3c1cccc3c1cccc3c(O)c4ccccc4c2c31. The molecule has 0 saturated heterocycles. The van der Waals surface area contributed by atoms with Crippen LogP contribution in [0.5, 0.6) is 11.5 Å². The number of phenolic OH excluding ortho intramolecular Hbond substituents is 2. The van der Waals surface area contributed by atoms with Crippen molar-refractivity contribution in [1.82, 2.24) is 0 Å². The van der Waals surface area contributed by atoms with Crippen LogP contribution in [0.4, 0.5) is 0 Å². The second-order valence-corrected chi connectivity index (χ2v) is 7.99. The van der Waals surface area contributed by atoms with Gasteiger partial charge in [-0.25, -0.2) is 0 Å². The summed E-state index contributed by atoms with van der Waals surface area (Å²) in [4.78, 5) is 0. The average molecular weight is 384 g/mol. The molecule has 0 amide bonds. The summed E-state index contributed by atoms with van der Waals surface area (Å²) in [5, 5.41) is 34.4. The van der Waals surface area contributed by atoms with Crippen LogP contribution in [-0.4, -0.2) is 10.2 Å². The molecule has 0 aliphatic rings. The van der Waals surface area contributed by atoms with E-state index in [2.05, 4.69) is 24.3 Å². The van der Waals surface area contributed by atoms with Gasteiger partial charge in [0, 0.05) is 32.3 Å². The zero-order valence-corrected chi connectivity index (χ0v) is 16.0. The standard InChI is InChI=1S/C28H16O2/c29-27-19-9-3-1-7-17(19)25-23-15(11-5-13-21(23)27)16-12-6-14-22-24(16)26(25)18-8-2-4-10-20(18)28(22)30/h1-14,29-30H. The molecule has 2 nitrogen and oxygen atoms in total. The van der Waals surface area contributed by atoms with E-state index >= 15 is 0 Å². The predicted octanol–water partition coefficient (Wildman–Crippen LogP) is 7.45. The van der Waals surface area contributed by atoms with Crippen LogP contribution in [0.25, 0.3) is 64.6 Å². The number of benzene rings is 7. The third kappa shape index (κ3) is 1.71. The summed E-state index contributed by atoms with van der Waals surface area (Å²) in [6.07, 6.45) is 0. The molecule has 0 atom stereocenters. The monoisotopic (exact) mass is 384 g/mol. The van der Waals surface area contributed by atoms with E-state index < -0.39 is 0 Å². The Kier molecular flexibility index (Phi) is 2.80. The van der Waals surface area contributed by atoms with Gasteiger partial charge in [-0.2, -0.15) is 0 Å². The molecule has 7 rings (SSSR count). The Morgan fingerprint density at radius 3 is 1.03 bits per heavy atom. The van der Waals surface area contributed by atoms with E-state index in [9.17, 15) is 10.2 Å². The summed E-state index contributed by atoms with van der Waals surface area (Å²) in [5.74, 6) is 0.648. The van der Waals surface area contributed by atoms with Crippen molar-refractivity contribution in [3.8, 4) is 11.5 Å². The normalized spacial score (nSPS) is 12.3. The number of hydrogen-bond donors (Lipinski definition) is 2. The first-order valence-corrected chi connectivity index (χ1v) is 10.1. The van der Waals surface area contributed by atoms with Crippen molar-refractivity contribution < 1.29 is 10.2 Å². The lowest BCUT2D eigenvalue weighted by molar-refractivity contribution is 0.487. The van der Waals surface area contributed by atoms with Crippen LogP contribution in [0.2, 0.25) is 0 Å². The Hall–Kier alpha value is -4.04. The third-order valence-electron chi connectivity index (χ3n) is 6.58. The van der Waals surface area contributed by atoms with Crippen LogP contribution in [0.3, 0.4) is 0 Å². The molecule has 0 heterocycles. The van der Waals surface area contributed by atoms with Crippen molar-refractivity contribution in [2.24, 2.45) is 0 Å². The zero-order chi connectivity index (χ0) is 20.0. The maximum atomic E-state index is 11.1. The summed E-state index contributed by atoms with van der Waals surface area (Å²) in [6, 6.07) is 28.3. The lowest BCUT2D eigenvalue weighted by atomic mass is 9.84. The largest absolute Gasteiger partial charge is 0.507 e. The van der Waals surface area contributed by atoms with Crippen molar-refractivity contribution in [2.45, 2.75) is 0 Å². The molecule has 0 aliphatic carbocycles. The Balaban J connectivity index is 2.03. The molecule has 140 valence electrons. The molecule has 2 heteroatoms. The fourth-order valence-corrected chi connectivity index (χ4v) is 5.38. The van der Waals surface area contributed by atoms with Gasteiger partial charge in [-0.15, -0.1) is 0 Å². The maximum absolute atomic E-state index is 11.1. The number of rotatable bonds is 0. The number of aromatic hydroxyl groups is 2.